The summed E-state index contributed by atoms with van der Waals surface area (Å²) in [4.78, 5) is 40.3. The molecule has 152 valence electrons. The first-order valence-electron chi connectivity index (χ1n) is 9.67. The number of urea groups is 1. The van der Waals surface area contributed by atoms with Gasteiger partial charge in [0, 0.05) is 50.0 Å². The standard InChI is InChI=1S/C22H26N4O3/c1-25(2)21(28)17-7-6-10-19(15-17)23-20(27)16-11-13-26(14-12-16)22(29)24-18-8-4-3-5-9-18/h3-10,15-16H,11-14H2,1-2H3,(H,23,27)(H,24,29). The lowest BCUT2D eigenvalue weighted by molar-refractivity contribution is -0.121. The number of piperidine rings is 1. The molecule has 1 heterocycles. The quantitative estimate of drug-likeness (QED) is 0.835. The van der Waals surface area contributed by atoms with Crippen molar-refractivity contribution in [2.75, 3.05) is 37.8 Å². The number of hydrogen-bond donors (Lipinski definition) is 2. The topological polar surface area (TPSA) is 81.8 Å². The van der Waals surface area contributed by atoms with Gasteiger partial charge in [-0.05, 0) is 43.2 Å². The average Bonchev–Trinajstić information content (AvgIpc) is 2.74. The van der Waals surface area contributed by atoms with Crippen LogP contribution in [0.5, 0.6) is 0 Å². The van der Waals surface area contributed by atoms with Crippen LogP contribution in [0.2, 0.25) is 0 Å². The molecule has 0 aliphatic carbocycles. The minimum atomic E-state index is -0.163. The van der Waals surface area contributed by atoms with Crippen LogP contribution in [0.25, 0.3) is 0 Å². The van der Waals surface area contributed by atoms with Gasteiger partial charge in [-0.2, -0.15) is 0 Å². The van der Waals surface area contributed by atoms with E-state index >= 15 is 0 Å². The zero-order chi connectivity index (χ0) is 20.8. The molecule has 0 bridgehead atoms. The van der Waals surface area contributed by atoms with Crippen molar-refractivity contribution in [2.45, 2.75) is 12.8 Å². The third-order valence-corrected chi connectivity index (χ3v) is 4.96. The van der Waals surface area contributed by atoms with Crippen molar-refractivity contribution in [1.82, 2.24) is 9.80 Å². The second-order valence-electron chi connectivity index (χ2n) is 7.33. The summed E-state index contributed by atoms with van der Waals surface area (Å²) in [6.45, 7) is 1.05. The smallest absolute Gasteiger partial charge is 0.321 e. The number of amides is 4. The molecule has 0 atom stereocenters. The van der Waals surface area contributed by atoms with Crippen LogP contribution in [0.15, 0.2) is 54.6 Å². The Kier molecular flexibility index (Phi) is 6.49. The molecule has 0 unspecified atom stereocenters. The Labute approximate surface area is 170 Å². The van der Waals surface area contributed by atoms with Crippen LogP contribution >= 0.6 is 0 Å². The Morgan fingerprint density at radius 1 is 0.897 bits per heavy atom. The van der Waals surface area contributed by atoms with Gasteiger partial charge in [-0.3, -0.25) is 9.59 Å². The van der Waals surface area contributed by atoms with Gasteiger partial charge >= 0.3 is 6.03 Å². The zero-order valence-electron chi connectivity index (χ0n) is 16.7. The van der Waals surface area contributed by atoms with Gasteiger partial charge in [0.2, 0.25) is 5.91 Å². The van der Waals surface area contributed by atoms with Crippen molar-refractivity contribution >= 4 is 29.2 Å². The van der Waals surface area contributed by atoms with Gasteiger partial charge < -0.3 is 20.4 Å². The Balaban J connectivity index is 1.52. The van der Waals surface area contributed by atoms with Crippen LogP contribution in [0.4, 0.5) is 16.2 Å². The van der Waals surface area contributed by atoms with Crippen molar-refractivity contribution in [3.63, 3.8) is 0 Å². The molecule has 0 saturated carbocycles. The van der Waals surface area contributed by atoms with Crippen LogP contribution in [0.1, 0.15) is 23.2 Å². The van der Waals surface area contributed by atoms with Gasteiger partial charge in [0.25, 0.3) is 5.91 Å². The van der Waals surface area contributed by atoms with Crippen LogP contribution in [-0.4, -0.2) is 54.8 Å². The van der Waals surface area contributed by atoms with Crippen LogP contribution in [-0.2, 0) is 4.79 Å². The molecular weight excluding hydrogens is 368 g/mol. The number of likely N-dealkylation sites (tertiary alicyclic amines) is 1. The molecule has 1 aliphatic rings. The summed E-state index contributed by atoms with van der Waals surface area (Å²) in [7, 11) is 3.38. The fraction of sp³-hybridized carbons (Fsp3) is 0.318. The first kappa shape index (κ1) is 20.4. The lowest BCUT2D eigenvalue weighted by atomic mass is 9.96. The van der Waals surface area contributed by atoms with Crippen molar-refractivity contribution in [1.29, 1.82) is 0 Å². The maximum absolute atomic E-state index is 12.6. The highest BCUT2D eigenvalue weighted by atomic mass is 16.2. The molecule has 1 saturated heterocycles. The molecule has 29 heavy (non-hydrogen) atoms. The summed E-state index contributed by atoms with van der Waals surface area (Å²) in [6.07, 6.45) is 1.20. The maximum Gasteiger partial charge on any atom is 0.321 e. The van der Waals surface area contributed by atoms with E-state index in [0.29, 0.717) is 37.2 Å². The summed E-state index contributed by atoms with van der Waals surface area (Å²) in [5.74, 6) is -0.356. The highest BCUT2D eigenvalue weighted by molar-refractivity contribution is 5.97. The van der Waals surface area contributed by atoms with Gasteiger partial charge in [0.1, 0.15) is 0 Å². The Morgan fingerprint density at radius 2 is 1.55 bits per heavy atom. The Hall–Kier alpha value is -3.35. The monoisotopic (exact) mass is 394 g/mol. The van der Waals surface area contributed by atoms with E-state index in [1.807, 2.05) is 30.3 Å². The van der Waals surface area contributed by atoms with Crippen molar-refractivity contribution in [3.8, 4) is 0 Å². The molecule has 1 fully saturated rings. The van der Waals surface area contributed by atoms with E-state index < -0.39 is 0 Å². The Morgan fingerprint density at radius 3 is 2.21 bits per heavy atom. The van der Waals surface area contributed by atoms with E-state index in [2.05, 4.69) is 10.6 Å². The summed E-state index contributed by atoms with van der Waals surface area (Å²) in [5, 5.41) is 5.77. The molecule has 4 amide bonds. The van der Waals surface area contributed by atoms with Crippen LogP contribution < -0.4 is 10.6 Å². The average molecular weight is 394 g/mol. The molecule has 2 aromatic rings. The number of carbonyl (C=O) groups excluding carboxylic acids is 3. The summed E-state index contributed by atoms with van der Waals surface area (Å²) < 4.78 is 0. The highest BCUT2D eigenvalue weighted by Gasteiger charge is 2.27. The van der Waals surface area contributed by atoms with Gasteiger partial charge in [-0.25, -0.2) is 4.79 Å². The van der Waals surface area contributed by atoms with Gasteiger partial charge in [0.15, 0.2) is 0 Å². The first-order valence-corrected chi connectivity index (χ1v) is 9.67. The van der Waals surface area contributed by atoms with E-state index in [1.54, 1.807) is 43.3 Å². The van der Waals surface area contributed by atoms with Crippen LogP contribution in [0.3, 0.4) is 0 Å². The van der Waals surface area contributed by atoms with E-state index in [-0.39, 0.29) is 23.8 Å². The van der Waals surface area contributed by atoms with E-state index in [1.165, 1.54) is 4.90 Å². The molecule has 1 aliphatic heterocycles. The third kappa shape index (κ3) is 5.34. The van der Waals surface area contributed by atoms with Gasteiger partial charge in [-0.1, -0.05) is 24.3 Å². The fourth-order valence-corrected chi connectivity index (χ4v) is 3.30. The van der Waals surface area contributed by atoms with Crippen molar-refractivity contribution in [3.05, 3.63) is 60.2 Å². The number of carbonyl (C=O) groups is 3. The molecular formula is C22H26N4O3. The minimum Gasteiger partial charge on any atom is -0.345 e. The number of nitrogens with one attached hydrogen (secondary N) is 2. The molecule has 7 nitrogen and oxygen atoms in total. The summed E-state index contributed by atoms with van der Waals surface area (Å²) >= 11 is 0. The predicted molar refractivity (Wildman–Crippen MR) is 113 cm³/mol. The van der Waals surface area contributed by atoms with E-state index in [4.69, 9.17) is 0 Å². The molecule has 2 aromatic carbocycles. The zero-order valence-corrected chi connectivity index (χ0v) is 16.7. The Bertz CT molecular complexity index is 875. The van der Waals surface area contributed by atoms with E-state index in [0.717, 1.165) is 5.69 Å². The molecule has 0 radical (unpaired) electrons. The van der Waals surface area contributed by atoms with E-state index in [9.17, 15) is 14.4 Å². The van der Waals surface area contributed by atoms with Crippen molar-refractivity contribution < 1.29 is 14.4 Å². The largest absolute Gasteiger partial charge is 0.345 e. The summed E-state index contributed by atoms with van der Waals surface area (Å²) in [6, 6.07) is 16.1. The number of nitrogens with zero attached hydrogens (tertiary/aromatic N) is 2. The second kappa shape index (κ2) is 9.23. The molecule has 2 N–H and O–H groups in total. The number of benzene rings is 2. The van der Waals surface area contributed by atoms with Crippen molar-refractivity contribution in [2.24, 2.45) is 5.92 Å². The number of rotatable bonds is 4. The normalized spacial score (nSPS) is 14.2. The number of hydrogen-bond acceptors (Lipinski definition) is 3. The number of para-hydroxylation sites is 1. The molecule has 0 aromatic heterocycles. The fourth-order valence-electron chi connectivity index (χ4n) is 3.30. The minimum absolute atomic E-state index is 0.0810. The maximum atomic E-state index is 12.6. The first-order chi connectivity index (χ1) is 13.9. The molecule has 7 heteroatoms. The third-order valence-electron chi connectivity index (χ3n) is 4.96. The predicted octanol–water partition coefficient (Wildman–Crippen LogP) is 3.27. The second-order valence-corrected chi connectivity index (χ2v) is 7.33. The lowest BCUT2D eigenvalue weighted by Gasteiger charge is -2.31. The molecule has 3 rings (SSSR count). The summed E-state index contributed by atoms with van der Waals surface area (Å²) in [5.41, 5.74) is 1.89. The van der Waals surface area contributed by atoms with Gasteiger partial charge in [-0.15, -0.1) is 0 Å². The SMILES string of the molecule is CN(C)C(=O)c1cccc(NC(=O)C2CCN(C(=O)Nc3ccccc3)CC2)c1. The highest BCUT2D eigenvalue weighted by Crippen LogP contribution is 2.21. The van der Waals surface area contributed by atoms with Crippen LogP contribution in [0, 0.1) is 5.92 Å². The molecule has 0 spiro atoms. The number of anilines is 2. The lowest BCUT2D eigenvalue weighted by Crippen LogP contribution is -2.43. The van der Waals surface area contributed by atoms with Gasteiger partial charge in [0.05, 0.1) is 0 Å².